The molecular formula is C113H102O15. The Labute approximate surface area is 747 Å². The van der Waals surface area contributed by atoms with Crippen LogP contribution in [0.1, 0.15) is 76.4 Å². The minimum absolute atomic E-state index is 0.178. The largest absolute Gasteiger partial charge is 0.491 e. The van der Waals surface area contributed by atoms with Gasteiger partial charge in [0.25, 0.3) is 0 Å². The molecule has 15 nitrogen and oxygen atoms in total. The van der Waals surface area contributed by atoms with Crippen LogP contribution >= 0.6 is 0 Å². The monoisotopic (exact) mass is 1700 g/mol. The SMILES string of the molecule is COCCOCc1ccc2ccccc2c1-c1c(COCCOC(C)=O)ccc2ccccc12.COCCOc1ccc(C2(c3ccc(OCCOC(C)=O)c(-c4ccccc4)c3)c3ccccc3-c3ccccc32)cc1-c1ccccc1.COCCOc1ccc2cc(C3(c4ccc5cc(OCCOC(C)=O)ccc5c4)c4ccccc4-c4ccccc43)ccc2c1. The van der Waals surface area contributed by atoms with E-state index in [2.05, 4.69) is 297 Å². The number of hydrogen-bond donors (Lipinski definition) is 0. The van der Waals surface area contributed by atoms with Crippen LogP contribution in [0, 0.1) is 0 Å². The van der Waals surface area contributed by atoms with Crippen LogP contribution in [0.3, 0.4) is 0 Å². The average Bonchev–Trinajstić information content (AvgIpc) is 1.54. The quantitative estimate of drug-likeness (QED) is 0.0217. The number of fused-ring (bicyclic) bond motifs is 10. The molecule has 15 heteroatoms. The van der Waals surface area contributed by atoms with Crippen molar-refractivity contribution in [3.8, 4) is 78.6 Å². The van der Waals surface area contributed by atoms with E-state index in [4.69, 9.17) is 56.8 Å². The van der Waals surface area contributed by atoms with Crippen LogP contribution in [0.2, 0.25) is 0 Å². The lowest BCUT2D eigenvalue weighted by atomic mass is 9.67. The van der Waals surface area contributed by atoms with Crippen molar-refractivity contribution in [2.24, 2.45) is 0 Å². The number of carbonyl (C=O) groups is 3. The zero-order chi connectivity index (χ0) is 88.2. The zero-order valence-corrected chi connectivity index (χ0v) is 72.9. The fourth-order valence-electron chi connectivity index (χ4n) is 18.0. The van der Waals surface area contributed by atoms with Gasteiger partial charge in [0.05, 0.1) is 57.1 Å². The molecule has 644 valence electrons. The summed E-state index contributed by atoms with van der Waals surface area (Å²) in [6.07, 6.45) is 0. The van der Waals surface area contributed by atoms with Crippen molar-refractivity contribution in [1.29, 1.82) is 0 Å². The summed E-state index contributed by atoms with van der Waals surface area (Å²) in [6.45, 7) is 9.74. The molecule has 0 bridgehead atoms. The summed E-state index contributed by atoms with van der Waals surface area (Å²) in [4.78, 5) is 33.6. The van der Waals surface area contributed by atoms with E-state index >= 15 is 0 Å². The van der Waals surface area contributed by atoms with Crippen LogP contribution < -0.4 is 18.9 Å². The first kappa shape index (κ1) is 87.4. The van der Waals surface area contributed by atoms with Gasteiger partial charge >= 0.3 is 17.9 Å². The minimum Gasteiger partial charge on any atom is -0.491 e. The van der Waals surface area contributed by atoms with E-state index in [0.717, 1.165) is 106 Å². The lowest BCUT2D eigenvalue weighted by molar-refractivity contribution is -0.143. The van der Waals surface area contributed by atoms with Crippen LogP contribution in [-0.2, 0) is 76.3 Å². The van der Waals surface area contributed by atoms with E-state index in [9.17, 15) is 14.4 Å². The van der Waals surface area contributed by atoms with E-state index in [0.29, 0.717) is 66.1 Å². The van der Waals surface area contributed by atoms with Gasteiger partial charge in [0.15, 0.2) is 0 Å². The van der Waals surface area contributed by atoms with E-state index in [1.165, 1.54) is 92.6 Å². The highest BCUT2D eigenvalue weighted by atomic mass is 16.6. The predicted octanol–water partition coefficient (Wildman–Crippen LogP) is 23.6. The van der Waals surface area contributed by atoms with Crippen LogP contribution in [0.25, 0.3) is 98.7 Å². The Bertz CT molecular complexity index is 6510. The van der Waals surface area contributed by atoms with E-state index < -0.39 is 10.8 Å². The maximum Gasteiger partial charge on any atom is 0.302 e. The van der Waals surface area contributed by atoms with Crippen LogP contribution in [-0.4, -0.2) is 119 Å². The minimum atomic E-state index is -0.651. The van der Waals surface area contributed by atoms with Crippen molar-refractivity contribution in [3.05, 3.63) is 395 Å². The van der Waals surface area contributed by atoms with E-state index in [1.807, 2.05) is 42.5 Å². The fourth-order valence-corrected chi connectivity index (χ4v) is 18.0. The Morgan fingerprint density at radius 1 is 0.250 bits per heavy atom. The summed E-state index contributed by atoms with van der Waals surface area (Å²) in [6, 6.07) is 120. The summed E-state index contributed by atoms with van der Waals surface area (Å²) >= 11 is 0. The molecule has 0 aliphatic heterocycles. The maximum absolute atomic E-state index is 11.4. The van der Waals surface area contributed by atoms with Gasteiger partial charge in [0.1, 0.15) is 69.2 Å². The Balaban J connectivity index is 0.000000143. The third-order valence-corrected chi connectivity index (χ3v) is 23.6. The molecule has 0 spiro atoms. The summed E-state index contributed by atoms with van der Waals surface area (Å²) < 4.78 is 67.0. The van der Waals surface area contributed by atoms with Crippen molar-refractivity contribution >= 4 is 61.0 Å². The van der Waals surface area contributed by atoms with Crippen LogP contribution in [0.15, 0.2) is 340 Å². The van der Waals surface area contributed by atoms with Crippen molar-refractivity contribution in [2.45, 2.75) is 44.8 Å². The molecule has 0 atom stereocenters. The van der Waals surface area contributed by atoms with Crippen LogP contribution in [0.5, 0.6) is 23.0 Å². The normalized spacial score (nSPS) is 12.3. The van der Waals surface area contributed by atoms with Gasteiger partial charge in [-0.25, -0.2) is 0 Å². The second-order valence-corrected chi connectivity index (χ2v) is 31.4. The Morgan fingerprint density at radius 3 is 0.961 bits per heavy atom. The van der Waals surface area contributed by atoms with E-state index in [-0.39, 0.29) is 44.3 Å². The molecule has 0 saturated heterocycles. The molecule has 0 radical (unpaired) electrons. The van der Waals surface area contributed by atoms with Crippen molar-refractivity contribution in [2.75, 3.05) is 101 Å². The number of benzene rings is 16. The molecule has 0 amide bonds. The number of rotatable bonds is 33. The van der Waals surface area contributed by atoms with Gasteiger partial charge in [-0.3, -0.25) is 14.4 Å². The summed E-state index contributed by atoms with van der Waals surface area (Å²) in [5.41, 5.74) is 22.0. The Morgan fingerprint density at radius 2 is 0.555 bits per heavy atom. The third kappa shape index (κ3) is 18.9. The third-order valence-electron chi connectivity index (χ3n) is 23.6. The molecule has 128 heavy (non-hydrogen) atoms. The number of carbonyl (C=O) groups excluding carboxylic acids is 3. The number of esters is 3. The first-order valence-electron chi connectivity index (χ1n) is 43.3. The van der Waals surface area contributed by atoms with Gasteiger partial charge in [-0.15, -0.1) is 0 Å². The molecule has 16 aromatic carbocycles. The number of hydrogen-bond acceptors (Lipinski definition) is 15. The zero-order valence-electron chi connectivity index (χ0n) is 72.9. The highest BCUT2D eigenvalue weighted by molar-refractivity contribution is 6.08. The lowest BCUT2D eigenvalue weighted by Gasteiger charge is -2.35. The molecule has 0 N–H and O–H groups in total. The Hall–Kier alpha value is -14.0. The molecule has 2 aliphatic rings. The molecule has 18 rings (SSSR count). The Kier molecular flexibility index (Phi) is 28.3. The topological polar surface area (TPSA) is 162 Å². The first-order valence-corrected chi connectivity index (χ1v) is 43.3. The van der Waals surface area contributed by atoms with Gasteiger partial charge < -0.3 is 56.8 Å². The summed E-state index contributed by atoms with van der Waals surface area (Å²) in [5, 5.41) is 9.17. The van der Waals surface area contributed by atoms with Crippen molar-refractivity contribution < 1.29 is 71.2 Å². The number of methoxy groups -OCH3 is 3. The highest BCUT2D eigenvalue weighted by Crippen LogP contribution is 2.59. The molecule has 0 heterocycles. The van der Waals surface area contributed by atoms with Gasteiger partial charge in [-0.2, -0.15) is 0 Å². The molecule has 2 aliphatic carbocycles. The predicted molar refractivity (Wildman–Crippen MR) is 507 cm³/mol. The van der Waals surface area contributed by atoms with Gasteiger partial charge in [-0.1, -0.05) is 279 Å². The highest BCUT2D eigenvalue weighted by Gasteiger charge is 2.48. The molecule has 0 fully saturated rings. The molecular weight excluding hydrogens is 1600 g/mol. The first-order chi connectivity index (χ1) is 62.9. The van der Waals surface area contributed by atoms with Crippen molar-refractivity contribution in [1.82, 2.24) is 0 Å². The average molecular weight is 1700 g/mol. The second-order valence-electron chi connectivity index (χ2n) is 31.4. The fraction of sp³-hybridized carbons (Fsp3) is 0.195. The van der Waals surface area contributed by atoms with E-state index in [1.54, 1.807) is 21.3 Å². The molecule has 0 aromatic heterocycles. The lowest BCUT2D eigenvalue weighted by Crippen LogP contribution is -2.29. The summed E-state index contributed by atoms with van der Waals surface area (Å²) in [7, 11) is 5.04. The second kappa shape index (κ2) is 41.4. The van der Waals surface area contributed by atoms with Crippen LogP contribution in [0.4, 0.5) is 0 Å². The van der Waals surface area contributed by atoms with Gasteiger partial charge in [0.2, 0.25) is 0 Å². The molecule has 0 saturated carbocycles. The standard InChI is InChI=1S/C44H38O5.C40H34O5.C29H30O5/c1-31(45)47-27-28-49-43-24-22-35(30-39(43)33-15-7-4-8-16-33)44(40-19-11-9-17-36(40)37-18-10-12-20-41(37)44)34-21-23-42(48-26-25-46-2)38(29-34)32-13-5-3-6-14-32;1-27(41)43-21-22-45-35-18-14-29-24-33(16-12-31(29)26-35)40(38-9-5-3-7-36(38)37-8-4-6-10-39(37)40)32-15-11-30-25-34(44-20-19-42-2)17-13-28(30)23-32;1-21(30)34-18-17-33-20-25-14-12-23-8-4-6-10-27(23)29(25)28-24(19-32-16-15-31-2)13-11-22-7-3-5-9-26(22)28/h3-24,29-30H,25-28H2,1-2H3;3-18,23-26H,19-22H2,1-2H3;3-14H,15-20H2,1-2H3. The number of ether oxygens (including phenoxy) is 12. The van der Waals surface area contributed by atoms with Crippen molar-refractivity contribution in [3.63, 3.8) is 0 Å². The smallest absolute Gasteiger partial charge is 0.302 e. The molecule has 16 aromatic rings. The maximum atomic E-state index is 11.4. The van der Waals surface area contributed by atoms with Gasteiger partial charge in [0, 0.05) is 53.2 Å². The molecule has 0 unspecified atom stereocenters. The van der Waals surface area contributed by atoms with Gasteiger partial charge in [-0.05, 0) is 204 Å². The summed E-state index contributed by atoms with van der Waals surface area (Å²) in [5.74, 6) is 2.18.